The van der Waals surface area contributed by atoms with Gasteiger partial charge in [-0.1, -0.05) is 12.8 Å². The monoisotopic (exact) mass is 347 g/mol. The minimum Gasteiger partial charge on any atom is -0.481 e. The predicted molar refractivity (Wildman–Crippen MR) is 93.4 cm³/mol. The smallest absolute Gasteiger partial charge is 0.308 e. The van der Waals surface area contributed by atoms with Crippen LogP contribution in [0.2, 0.25) is 0 Å². The molecule has 1 saturated carbocycles. The molecule has 0 spiro atoms. The second kappa shape index (κ2) is 6.51. The summed E-state index contributed by atoms with van der Waals surface area (Å²) in [4.78, 5) is 28.5. The van der Waals surface area contributed by atoms with Gasteiger partial charge in [-0.3, -0.25) is 9.59 Å². The summed E-state index contributed by atoms with van der Waals surface area (Å²) >= 11 is 1.65. The van der Waals surface area contributed by atoms with Crippen LogP contribution in [0.3, 0.4) is 0 Å². The van der Waals surface area contributed by atoms with Crippen LogP contribution in [0.25, 0.3) is 0 Å². The van der Waals surface area contributed by atoms with Gasteiger partial charge in [0.1, 0.15) is 0 Å². The average Bonchev–Trinajstić information content (AvgIpc) is 3.16. The van der Waals surface area contributed by atoms with Crippen LogP contribution in [-0.4, -0.2) is 35.0 Å². The third-order valence-corrected chi connectivity index (χ3v) is 7.13. The quantitative estimate of drug-likeness (QED) is 0.909. The van der Waals surface area contributed by atoms with E-state index in [0.29, 0.717) is 19.0 Å². The Kier molecular flexibility index (Phi) is 4.37. The molecule has 2 heterocycles. The summed E-state index contributed by atoms with van der Waals surface area (Å²) in [6, 6.07) is 2.09. The molecule has 3 aliphatic rings. The summed E-state index contributed by atoms with van der Waals surface area (Å²) < 4.78 is 0. The lowest BCUT2D eigenvalue weighted by Crippen LogP contribution is -2.29. The summed E-state index contributed by atoms with van der Waals surface area (Å²) in [5.41, 5.74) is 1.36. The van der Waals surface area contributed by atoms with Gasteiger partial charge in [0, 0.05) is 18.0 Å². The first-order valence-electron chi connectivity index (χ1n) is 9.27. The first kappa shape index (κ1) is 16.1. The number of aryl methyl sites for hydroxylation is 2. The fourth-order valence-corrected chi connectivity index (χ4v) is 5.59. The van der Waals surface area contributed by atoms with Crippen molar-refractivity contribution in [1.82, 2.24) is 4.90 Å². The predicted octanol–water partition coefficient (Wildman–Crippen LogP) is 3.59. The van der Waals surface area contributed by atoms with Crippen molar-refractivity contribution in [2.45, 2.75) is 51.4 Å². The molecule has 0 unspecified atom stereocenters. The average molecular weight is 347 g/mol. The molecule has 4 rings (SSSR count). The van der Waals surface area contributed by atoms with Crippen molar-refractivity contribution < 1.29 is 14.7 Å². The molecule has 1 N–H and O–H groups in total. The van der Waals surface area contributed by atoms with E-state index in [4.69, 9.17) is 0 Å². The van der Waals surface area contributed by atoms with E-state index in [0.717, 1.165) is 30.6 Å². The fourth-order valence-electron chi connectivity index (χ4n) is 4.36. The van der Waals surface area contributed by atoms with Crippen molar-refractivity contribution >= 4 is 23.2 Å². The standard InChI is InChI=1S/C19H25NO3S/c21-18(17-9-13-5-3-1-2-4-6-16(13)24-17)20-10-14(12-7-8-12)15(11-20)19(22)23/h9,12,14-15H,1-8,10-11H2,(H,22,23)/t14-,15+/m1/s1. The molecule has 1 aromatic heterocycles. The Morgan fingerprint density at radius 2 is 1.83 bits per heavy atom. The molecule has 130 valence electrons. The zero-order valence-corrected chi connectivity index (χ0v) is 14.8. The lowest BCUT2D eigenvalue weighted by molar-refractivity contribution is -0.142. The van der Waals surface area contributed by atoms with E-state index in [1.165, 1.54) is 36.1 Å². The SMILES string of the molecule is O=C(O)[C@H]1CN(C(=O)c2cc3c(s2)CCCCCC3)C[C@@H]1C1CC1. The highest BCUT2D eigenvalue weighted by Gasteiger charge is 2.47. The van der Waals surface area contributed by atoms with Crippen LogP contribution in [0.1, 0.15) is 58.6 Å². The van der Waals surface area contributed by atoms with Crippen molar-refractivity contribution in [3.63, 3.8) is 0 Å². The Morgan fingerprint density at radius 3 is 2.54 bits per heavy atom. The number of likely N-dealkylation sites (tertiary alicyclic amines) is 1. The fraction of sp³-hybridized carbons (Fsp3) is 0.684. The first-order valence-corrected chi connectivity index (χ1v) is 10.1. The van der Waals surface area contributed by atoms with Crippen molar-refractivity contribution in [3.05, 3.63) is 21.4 Å². The molecule has 24 heavy (non-hydrogen) atoms. The molecule has 4 nitrogen and oxygen atoms in total. The van der Waals surface area contributed by atoms with Crippen LogP contribution < -0.4 is 0 Å². The van der Waals surface area contributed by atoms with Gasteiger partial charge < -0.3 is 10.0 Å². The van der Waals surface area contributed by atoms with E-state index in [-0.39, 0.29) is 17.7 Å². The number of hydrogen-bond donors (Lipinski definition) is 1. The molecule has 2 atom stereocenters. The lowest BCUT2D eigenvalue weighted by atomic mass is 9.92. The Bertz CT molecular complexity index is 624. The zero-order chi connectivity index (χ0) is 16.7. The van der Waals surface area contributed by atoms with E-state index in [1.54, 1.807) is 16.2 Å². The Morgan fingerprint density at radius 1 is 1.08 bits per heavy atom. The lowest BCUT2D eigenvalue weighted by Gasteiger charge is -2.15. The summed E-state index contributed by atoms with van der Waals surface area (Å²) in [6.07, 6.45) is 9.44. The number of aliphatic carboxylic acids is 1. The minimum atomic E-state index is -0.736. The third-order valence-electron chi connectivity index (χ3n) is 5.90. The molecule has 1 aromatic rings. The van der Waals surface area contributed by atoms with Crippen LogP contribution in [0.4, 0.5) is 0 Å². The number of carbonyl (C=O) groups excluding carboxylic acids is 1. The Balaban J connectivity index is 1.51. The van der Waals surface area contributed by atoms with Crippen LogP contribution in [0.5, 0.6) is 0 Å². The highest BCUT2D eigenvalue weighted by molar-refractivity contribution is 7.14. The van der Waals surface area contributed by atoms with Gasteiger partial charge in [0.2, 0.25) is 0 Å². The zero-order valence-electron chi connectivity index (χ0n) is 14.0. The Hall–Kier alpha value is -1.36. The van der Waals surface area contributed by atoms with Gasteiger partial charge in [-0.25, -0.2) is 0 Å². The summed E-state index contributed by atoms with van der Waals surface area (Å²) in [5, 5.41) is 9.49. The van der Waals surface area contributed by atoms with E-state index in [2.05, 4.69) is 6.07 Å². The number of nitrogens with zero attached hydrogens (tertiary/aromatic N) is 1. The second-order valence-electron chi connectivity index (χ2n) is 7.63. The maximum absolute atomic E-state index is 12.9. The second-order valence-corrected chi connectivity index (χ2v) is 8.77. The van der Waals surface area contributed by atoms with Crippen LogP contribution >= 0.6 is 11.3 Å². The van der Waals surface area contributed by atoms with E-state index >= 15 is 0 Å². The molecule has 0 bridgehead atoms. The topological polar surface area (TPSA) is 57.6 Å². The molecule has 0 aromatic carbocycles. The number of hydrogen-bond acceptors (Lipinski definition) is 3. The van der Waals surface area contributed by atoms with Crippen LogP contribution in [0, 0.1) is 17.8 Å². The van der Waals surface area contributed by atoms with Crippen molar-refractivity contribution in [3.8, 4) is 0 Å². The number of carboxylic acid groups (broad SMARTS) is 1. The van der Waals surface area contributed by atoms with Gasteiger partial charge in [-0.15, -0.1) is 11.3 Å². The highest BCUT2D eigenvalue weighted by atomic mass is 32.1. The normalized spacial score (nSPS) is 27.4. The first-order chi connectivity index (χ1) is 11.6. The molecule has 2 fully saturated rings. The number of thiophene rings is 1. The minimum absolute atomic E-state index is 0.0566. The molecular weight excluding hydrogens is 322 g/mol. The van der Waals surface area contributed by atoms with Crippen molar-refractivity contribution in [1.29, 1.82) is 0 Å². The summed E-state index contributed by atoms with van der Waals surface area (Å²) in [6.45, 7) is 1.01. The summed E-state index contributed by atoms with van der Waals surface area (Å²) in [7, 11) is 0. The van der Waals surface area contributed by atoms with E-state index in [9.17, 15) is 14.7 Å². The molecule has 1 amide bonds. The number of amides is 1. The van der Waals surface area contributed by atoms with Gasteiger partial charge >= 0.3 is 5.97 Å². The number of rotatable bonds is 3. The number of carboxylic acids is 1. The maximum Gasteiger partial charge on any atom is 0.308 e. The molecule has 2 aliphatic carbocycles. The van der Waals surface area contributed by atoms with Crippen LogP contribution in [0.15, 0.2) is 6.07 Å². The summed E-state index contributed by atoms with van der Waals surface area (Å²) in [5.74, 6) is -0.371. The molecule has 1 aliphatic heterocycles. The maximum atomic E-state index is 12.9. The van der Waals surface area contributed by atoms with Gasteiger partial charge in [0.25, 0.3) is 5.91 Å². The number of fused-ring (bicyclic) bond motifs is 1. The largest absolute Gasteiger partial charge is 0.481 e. The third kappa shape index (κ3) is 3.10. The van der Waals surface area contributed by atoms with Crippen molar-refractivity contribution in [2.24, 2.45) is 17.8 Å². The van der Waals surface area contributed by atoms with Crippen LogP contribution in [-0.2, 0) is 17.6 Å². The van der Waals surface area contributed by atoms with E-state index in [1.807, 2.05) is 0 Å². The Labute approximate surface area is 146 Å². The molecule has 0 radical (unpaired) electrons. The van der Waals surface area contributed by atoms with Gasteiger partial charge in [0.05, 0.1) is 10.8 Å². The van der Waals surface area contributed by atoms with Gasteiger partial charge in [-0.2, -0.15) is 0 Å². The van der Waals surface area contributed by atoms with Gasteiger partial charge in [-0.05, 0) is 62.0 Å². The molecular formula is C19H25NO3S. The molecule has 5 heteroatoms. The number of carbonyl (C=O) groups is 2. The van der Waals surface area contributed by atoms with E-state index < -0.39 is 5.97 Å². The highest BCUT2D eigenvalue weighted by Crippen LogP contribution is 2.44. The molecule has 1 saturated heterocycles. The van der Waals surface area contributed by atoms with Crippen molar-refractivity contribution in [2.75, 3.05) is 13.1 Å². The van der Waals surface area contributed by atoms with Gasteiger partial charge in [0.15, 0.2) is 0 Å².